The highest BCUT2D eigenvalue weighted by Crippen LogP contribution is 2.25. The number of carbonyl (C=O) groups is 2. The smallest absolute Gasteiger partial charge is 0.261 e. The van der Waals surface area contributed by atoms with Crippen molar-refractivity contribution in [1.29, 1.82) is 0 Å². The summed E-state index contributed by atoms with van der Waals surface area (Å²) < 4.78 is 5.90. The van der Waals surface area contributed by atoms with Crippen molar-refractivity contribution in [3.8, 4) is 5.75 Å². The van der Waals surface area contributed by atoms with Crippen LogP contribution in [0.4, 0.5) is 0 Å². The van der Waals surface area contributed by atoms with Crippen LogP contribution in [-0.4, -0.2) is 41.9 Å². The summed E-state index contributed by atoms with van der Waals surface area (Å²) in [6.45, 7) is 10.3. The average Bonchev–Trinajstić information content (AvgIpc) is 2.78. The lowest BCUT2D eigenvalue weighted by atomic mass is 10.0. The second-order valence-corrected chi connectivity index (χ2v) is 8.30. The molecule has 0 fully saturated rings. The molecule has 2 aromatic carbocycles. The normalized spacial score (nSPS) is 12.8. The minimum atomic E-state index is -0.575. The van der Waals surface area contributed by atoms with Gasteiger partial charge in [-0.1, -0.05) is 69.3 Å². The van der Waals surface area contributed by atoms with Crippen molar-refractivity contribution in [2.45, 2.75) is 65.5 Å². The van der Waals surface area contributed by atoms with Gasteiger partial charge in [0, 0.05) is 12.6 Å². The van der Waals surface area contributed by atoms with E-state index < -0.39 is 6.04 Å². The first-order valence-electron chi connectivity index (χ1n) is 11.2. The van der Waals surface area contributed by atoms with E-state index >= 15 is 0 Å². The third kappa shape index (κ3) is 7.42. The highest BCUT2D eigenvalue weighted by Gasteiger charge is 2.27. The second kappa shape index (κ2) is 12.1. The van der Waals surface area contributed by atoms with Gasteiger partial charge in [-0.05, 0) is 49.8 Å². The summed E-state index contributed by atoms with van der Waals surface area (Å²) in [5, 5.41) is 2.99. The van der Waals surface area contributed by atoms with Crippen LogP contribution in [0.5, 0.6) is 5.75 Å². The van der Waals surface area contributed by atoms with E-state index in [-0.39, 0.29) is 24.5 Å². The summed E-state index contributed by atoms with van der Waals surface area (Å²) in [4.78, 5) is 27.5. The maximum absolute atomic E-state index is 13.1. The Labute approximate surface area is 186 Å². The molecule has 0 saturated heterocycles. The SMILES string of the molecule is CCC(C)NC(=O)C(C)N(CCc1ccccc1)C(=O)COc1ccccc1C(C)C. The maximum Gasteiger partial charge on any atom is 0.261 e. The number of benzene rings is 2. The van der Waals surface area contributed by atoms with E-state index in [0.29, 0.717) is 24.6 Å². The van der Waals surface area contributed by atoms with Crippen LogP contribution in [0.25, 0.3) is 0 Å². The zero-order chi connectivity index (χ0) is 22.8. The molecule has 0 bridgehead atoms. The minimum absolute atomic E-state index is 0.0650. The molecule has 2 amide bonds. The van der Waals surface area contributed by atoms with Gasteiger partial charge in [0.05, 0.1) is 0 Å². The Bertz CT molecular complexity index is 836. The number of rotatable bonds is 11. The van der Waals surface area contributed by atoms with E-state index in [9.17, 15) is 9.59 Å². The van der Waals surface area contributed by atoms with Gasteiger partial charge < -0.3 is 15.0 Å². The largest absolute Gasteiger partial charge is 0.483 e. The summed E-state index contributed by atoms with van der Waals surface area (Å²) in [6, 6.07) is 17.2. The Morgan fingerprint density at radius 2 is 1.61 bits per heavy atom. The van der Waals surface area contributed by atoms with E-state index in [1.165, 1.54) is 0 Å². The van der Waals surface area contributed by atoms with E-state index in [1.54, 1.807) is 11.8 Å². The van der Waals surface area contributed by atoms with Crippen molar-refractivity contribution in [3.63, 3.8) is 0 Å². The van der Waals surface area contributed by atoms with Crippen molar-refractivity contribution in [2.24, 2.45) is 0 Å². The molecular weight excluding hydrogens is 388 g/mol. The van der Waals surface area contributed by atoms with E-state index in [1.807, 2.05) is 68.4 Å². The summed E-state index contributed by atoms with van der Waals surface area (Å²) >= 11 is 0. The molecule has 2 aromatic rings. The molecule has 0 saturated carbocycles. The summed E-state index contributed by atoms with van der Waals surface area (Å²) in [6.07, 6.45) is 1.52. The van der Waals surface area contributed by atoms with Gasteiger partial charge in [0.15, 0.2) is 6.61 Å². The van der Waals surface area contributed by atoms with Crippen LogP contribution in [0.3, 0.4) is 0 Å². The first-order valence-corrected chi connectivity index (χ1v) is 11.2. The number of nitrogens with one attached hydrogen (secondary N) is 1. The standard InChI is InChI=1S/C26H36N2O3/c1-6-20(4)27-26(30)21(5)28(17-16-22-12-8-7-9-13-22)25(29)18-31-24-15-11-10-14-23(24)19(2)3/h7-15,19-21H,6,16-18H2,1-5H3,(H,27,30). The number of amides is 2. The Balaban J connectivity index is 2.12. The fourth-order valence-corrected chi connectivity index (χ4v) is 3.35. The average molecular weight is 425 g/mol. The molecule has 168 valence electrons. The summed E-state index contributed by atoms with van der Waals surface area (Å²) in [7, 11) is 0. The van der Waals surface area contributed by atoms with Gasteiger partial charge in [-0.2, -0.15) is 0 Å². The molecule has 31 heavy (non-hydrogen) atoms. The Kier molecular flexibility index (Phi) is 9.57. The number of ether oxygens (including phenoxy) is 1. The first kappa shape index (κ1) is 24.4. The van der Waals surface area contributed by atoms with Gasteiger partial charge in [0.25, 0.3) is 5.91 Å². The van der Waals surface area contributed by atoms with Crippen molar-refractivity contribution < 1.29 is 14.3 Å². The number of nitrogens with zero attached hydrogens (tertiary/aromatic N) is 1. The molecule has 2 rings (SSSR count). The third-order valence-electron chi connectivity index (χ3n) is 5.54. The van der Waals surface area contributed by atoms with Crippen LogP contribution >= 0.6 is 0 Å². The van der Waals surface area contributed by atoms with Gasteiger partial charge in [0.1, 0.15) is 11.8 Å². The lowest BCUT2D eigenvalue weighted by Gasteiger charge is -2.29. The quantitative estimate of drug-likeness (QED) is 0.575. The van der Waals surface area contributed by atoms with Crippen LogP contribution in [-0.2, 0) is 16.0 Å². The lowest BCUT2D eigenvalue weighted by molar-refractivity contribution is -0.141. The van der Waals surface area contributed by atoms with E-state index in [0.717, 1.165) is 17.5 Å². The first-order chi connectivity index (χ1) is 14.8. The van der Waals surface area contributed by atoms with Crippen molar-refractivity contribution in [3.05, 3.63) is 65.7 Å². The monoisotopic (exact) mass is 424 g/mol. The molecule has 1 N–H and O–H groups in total. The van der Waals surface area contributed by atoms with Gasteiger partial charge >= 0.3 is 0 Å². The van der Waals surface area contributed by atoms with Crippen molar-refractivity contribution >= 4 is 11.8 Å². The summed E-state index contributed by atoms with van der Waals surface area (Å²) in [5.74, 6) is 0.672. The number of para-hydroxylation sites is 1. The summed E-state index contributed by atoms with van der Waals surface area (Å²) in [5.41, 5.74) is 2.19. The molecule has 0 radical (unpaired) electrons. The number of hydrogen-bond donors (Lipinski definition) is 1. The molecule has 2 atom stereocenters. The molecule has 0 aromatic heterocycles. The molecule has 0 spiro atoms. The molecule has 0 heterocycles. The van der Waals surface area contributed by atoms with Gasteiger partial charge in [-0.25, -0.2) is 0 Å². The van der Waals surface area contributed by atoms with Crippen LogP contribution < -0.4 is 10.1 Å². The van der Waals surface area contributed by atoms with Crippen LogP contribution in [0.15, 0.2) is 54.6 Å². The van der Waals surface area contributed by atoms with Crippen LogP contribution in [0.1, 0.15) is 58.1 Å². The molecule has 0 aliphatic heterocycles. The molecule has 0 aliphatic carbocycles. The molecular formula is C26H36N2O3. The maximum atomic E-state index is 13.1. The van der Waals surface area contributed by atoms with E-state index in [4.69, 9.17) is 4.74 Å². The molecule has 0 aliphatic rings. The second-order valence-electron chi connectivity index (χ2n) is 8.30. The lowest BCUT2D eigenvalue weighted by Crippen LogP contribution is -2.51. The highest BCUT2D eigenvalue weighted by atomic mass is 16.5. The topological polar surface area (TPSA) is 58.6 Å². The predicted octanol–water partition coefficient (Wildman–Crippen LogP) is 4.56. The zero-order valence-corrected chi connectivity index (χ0v) is 19.4. The number of carbonyl (C=O) groups excluding carboxylic acids is 2. The van der Waals surface area contributed by atoms with Gasteiger partial charge in [-0.15, -0.1) is 0 Å². The van der Waals surface area contributed by atoms with Crippen LogP contribution in [0, 0.1) is 0 Å². The Morgan fingerprint density at radius 1 is 0.968 bits per heavy atom. The fourth-order valence-electron chi connectivity index (χ4n) is 3.35. The number of hydrogen-bond acceptors (Lipinski definition) is 3. The Hall–Kier alpha value is -2.82. The molecule has 5 nitrogen and oxygen atoms in total. The Morgan fingerprint density at radius 3 is 2.26 bits per heavy atom. The minimum Gasteiger partial charge on any atom is -0.483 e. The van der Waals surface area contributed by atoms with Crippen molar-refractivity contribution in [1.82, 2.24) is 10.2 Å². The molecule has 2 unspecified atom stereocenters. The van der Waals surface area contributed by atoms with Crippen LogP contribution in [0.2, 0.25) is 0 Å². The molecule has 5 heteroatoms. The third-order valence-corrected chi connectivity index (χ3v) is 5.54. The predicted molar refractivity (Wildman–Crippen MR) is 125 cm³/mol. The van der Waals surface area contributed by atoms with E-state index in [2.05, 4.69) is 19.2 Å². The van der Waals surface area contributed by atoms with Gasteiger partial charge in [-0.3, -0.25) is 9.59 Å². The zero-order valence-electron chi connectivity index (χ0n) is 19.4. The highest BCUT2D eigenvalue weighted by molar-refractivity contribution is 5.88. The fraction of sp³-hybridized carbons (Fsp3) is 0.462. The van der Waals surface area contributed by atoms with Gasteiger partial charge in [0.2, 0.25) is 5.91 Å². The van der Waals surface area contributed by atoms with Crippen molar-refractivity contribution in [2.75, 3.05) is 13.2 Å².